The molecule has 0 unspecified atom stereocenters. The van der Waals surface area contributed by atoms with E-state index in [1.165, 1.54) is 0 Å². The maximum Gasteiger partial charge on any atom is 0.164 e. The Bertz CT molecular complexity index is 403. The number of phenolic OH excluding ortho intramolecular Hbond substituents is 1. The zero-order valence-corrected chi connectivity index (χ0v) is 7.91. The van der Waals surface area contributed by atoms with Crippen LogP contribution in [0.3, 0.4) is 0 Å². The molecule has 4 nitrogen and oxygen atoms in total. The van der Waals surface area contributed by atoms with Crippen LogP contribution >= 0.6 is 11.6 Å². The third-order valence-corrected chi connectivity index (χ3v) is 1.72. The van der Waals surface area contributed by atoms with Gasteiger partial charge in [-0.2, -0.15) is 15.4 Å². The van der Waals surface area contributed by atoms with Crippen LogP contribution in [0.4, 0.5) is 0 Å². The molecule has 0 aliphatic rings. The van der Waals surface area contributed by atoms with Crippen molar-refractivity contribution in [1.29, 1.82) is 0 Å². The number of hydrogen-bond donors (Lipinski definition) is 2. The number of benzene rings is 1. The molecular weight excluding hydrogens is 273 g/mol. The molecule has 1 aromatic carbocycles. The van der Waals surface area contributed by atoms with Gasteiger partial charge in [-0.3, -0.25) is 0 Å². The molecule has 0 atom stereocenters. The van der Waals surface area contributed by atoms with Crippen LogP contribution in [-0.2, 0) is 22.4 Å². The molecule has 6 heteroatoms. The Hall–Kier alpha value is -0.550. The molecule has 0 saturated heterocycles. The Kier molecular flexibility index (Phi) is 2.74. The zero-order valence-electron chi connectivity index (χ0n) is 5.68. The van der Waals surface area contributed by atoms with Crippen LogP contribution in [0.2, 0.25) is 5.02 Å². The number of aromatic nitrogens is 3. The number of aromatic amines is 1. The van der Waals surface area contributed by atoms with E-state index in [1.807, 2.05) is 0 Å². The van der Waals surface area contributed by atoms with E-state index in [2.05, 4.69) is 15.4 Å². The van der Waals surface area contributed by atoms with Crippen molar-refractivity contribution in [3.8, 4) is 5.75 Å². The maximum atomic E-state index is 9.29. The van der Waals surface area contributed by atoms with E-state index in [4.69, 9.17) is 11.6 Å². The first-order valence-corrected chi connectivity index (χ1v) is 3.35. The van der Waals surface area contributed by atoms with E-state index in [9.17, 15) is 5.11 Å². The molecule has 1 aromatic heterocycles. The van der Waals surface area contributed by atoms with Crippen LogP contribution in [0.1, 0.15) is 0 Å². The second-order valence-electron chi connectivity index (χ2n) is 2.09. The first kappa shape index (κ1) is 9.54. The van der Waals surface area contributed by atoms with Crippen molar-refractivity contribution in [3.05, 3.63) is 17.2 Å². The van der Waals surface area contributed by atoms with Crippen LogP contribution in [0.25, 0.3) is 11.0 Å². The summed E-state index contributed by atoms with van der Waals surface area (Å²) in [4.78, 5) is 0. The summed E-state index contributed by atoms with van der Waals surface area (Å²) in [5.74, 6) is -0.0297. The predicted molar refractivity (Wildman–Crippen MR) is 40.6 cm³/mol. The minimum atomic E-state index is -0.0297. The number of hydrogen-bond acceptors (Lipinski definition) is 3. The van der Waals surface area contributed by atoms with E-state index in [0.29, 0.717) is 11.0 Å². The summed E-state index contributed by atoms with van der Waals surface area (Å²) in [5, 5.41) is 19.4. The molecule has 0 spiro atoms. The SMILES string of the molecule is Oc1c(Cl)ccc2n[nH]nc12.[Ag]. The molecule has 0 aliphatic heterocycles. The van der Waals surface area contributed by atoms with Gasteiger partial charge in [-0.1, -0.05) is 11.6 Å². The van der Waals surface area contributed by atoms with Crippen molar-refractivity contribution in [2.24, 2.45) is 0 Å². The number of nitrogens with one attached hydrogen (secondary N) is 1. The Morgan fingerprint density at radius 1 is 1.33 bits per heavy atom. The van der Waals surface area contributed by atoms with Crippen molar-refractivity contribution >= 4 is 22.6 Å². The van der Waals surface area contributed by atoms with Crippen molar-refractivity contribution in [2.45, 2.75) is 0 Å². The Morgan fingerprint density at radius 2 is 2.08 bits per heavy atom. The summed E-state index contributed by atoms with van der Waals surface area (Å²) in [7, 11) is 0. The largest absolute Gasteiger partial charge is 0.504 e. The molecule has 67 valence electrons. The van der Waals surface area contributed by atoms with Crippen LogP contribution in [0.15, 0.2) is 12.1 Å². The molecule has 1 heterocycles. The Balaban J connectivity index is 0.000000720. The van der Waals surface area contributed by atoms with Gasteiger partial charge in [0.05, 0.1) is 5.02 Å². The van der Waals surface area contributed by atoms with E-state index in [1.54, 1.807) is 12.1 Å². The van der Waals surface area contributed by atoms with Crippen LogP contribution in [0.5, 0.6) is 5.75 Å². The molecular formula is C6H4AgClN3O. The van der Waals surface area contributed by atoms with Crippen LogP contribution < -0.4 is 0 Å². The molecule has 2 N–H and O–H groups in total. The van der Waals surface area contributed by atoms with Gasteiger partial charge in [-0.15, -0.1) is 0 Å². The van der Waals surface area contributed by atoms with Gasteiger partial charge in [0.1, 0.15) is 5.52 Å². The quantitative estimate of drug-likeness (QED) is 0.714. The normalized spacial score (nSPS) is 9.75. The van der Waals surface area contributed by atoms with Gasteiger partial charge in [0.2, 0.25) is 0 Å². The third-order valence-electron chi connectivity index (χ3n) is 1.41. The smallest absolute Gasteiger partial charge is 0.164 e. The van der Waals surface area contributed by atoms with Crippen molar-refractivity contribution < 1.29 is 27.5 Å². The first-order valence-electron chi connectivity index (χ1n) is 2.97. The molecule has 1 radical (unpaired) electrons. The maximum absolute atomic E-state index is 9.29. The van der Waals surface area contributed by atoms with Gasteiger partial charge in [0, 0.05) is 22.4 Å². The van der Waals surface area contributed by atoms with Gasteiger partial charge in [0.15, 0.2) is 11.3 Å². The molecule has 0 amide bonds. The van der Waals surface area contributed by atoms with Crippen molar-refractivity contribution in [3.63, 3.8) is 0 Å². The summed E-state index contributed by atoms with van der Waals surface area (Å²) in [6, 6.07) is 3.25. The molecule has 0 aliphatic carbocycles. The Morgan fingerprint density at radius 3 is 2.83 bits per heavy atom. The average molecular weight is 277 g/mol. The number of phenols is 1. The number of aromatic hydroxyl groups is 1. The van der Waals surface area contributed by atoms with Crippen molar-refractivity contribution in [2.75, 3.05) is 0 Å². The molecule has 2 rings (SSSR count). The molecule has 2 aromatic rings. The van der Waals surface area contributed by atoms with Gasteiger partial charge >= 0.3 is 0 Å². The van der Waals surface area contributed by atoms with Gasteiger partial charge < -0.3 is 5.11 Å². The average Bonchev–Trinajstić information content (AvgIpc) is 2.45. The number of fused-ring (bicyclic) bond motifs is 1. The van der Waals surface area contributed by atoms with Gasteiger partial charge in [-0.05, 0) is 12.1 Å². The molecule has 0 bridgehead atoms. The second-order valence-corrected chi connectivity index (χ2v) is 2.49. The number of nitrogens with zero attached hydrogens (tertiary/aromatic N) is 2. The van der Waals surface area contributed by atoms with E-state index in [-0.39, 0.29) is 33.2 Å². The summed E-state index contributed by atoms with van der Waals surface area (Å²) < 4.78 is 0. The summed E-state index contributed by atoms with van der Waals surface area (Å²) >= 11 is 5.61. The van der Waals surface area contributed by atoms with E-state index >= 15 is 0 Å². The molecule has 0 fully saturated rings. The van der Waals surface area contributed by atoms with Gasteiger partial charge in [0.25, 0.3) is 0 Å². The fraction of sp³-hybridized carbons (Fsp3) is 0. The summed E-state index contributed by atoms with van der Waals surface area (Å²) in [5.41, 5.74) is 1.00. The van der Waals surface area contributed by atoms with Crippen molar-refractivity contribution in [1.82, 2.24) is 15.4 Å². The van der Waals surface area contributed by atoms with Gasteiger partial charge in [-0.25, -0.2) is 0 Å². The number of H-pyrrole nitrogens is 1. The summed E-state index contributed by atoms with van der Waals surface area (Å²) in [6.07, 6.45) is 0. The van der Waals surface area contributed by atoms with Crippen LogP contribution in [0, 0.1) is 0 Å². The standard InChI is InChI=1S/C6H4ClN3O.Ag/c7-3-1-2-4-5(6(3)11)9-10-8-4;/h1-2,11H,(H,8,9,10);. The third kappa shape index (κ3) is 1.34. The molecule has 0 saturated carbocycles. The summed E-state index contributed by atoms with van der Waals surface area (Å²) in [6.45, 7) is 0. The van der Waals surface area contributed by atoms with Crippen LogP contribution in [-0.4, -0.2) is 20.5 Å². The topological polar surface area (TPSA) is 61.8 Å². The second kappa shape index (κ2) is 3.45. The minimum absolute atomic E-state index is 0. The zero-order chi connectivity index (χ0) is 7.84. The van der Waals surface area contributed by atoms with E-state index in [0.717, 1.165) is 0 Å². The fourth-order valence-electron chi connectivity index (χ4n) is 0.874. The fourth-order valence-corrected chi connectivity index (χ4v) is 1.03. The van der Waals surface area contributed by atoms with E-state index < -0.39 is 0 Å². The first-order chi connectivity index (χ1) is 5.29. The Labute approximate surface area is 88.4 Å². The monoisotopic (exact) mass is 276 g/mol. The minimum Gasteiger partial charge on any atom is -0.504 e. The molecule has 12 heavy (non-hydrogen) atoms. The number of rotatable bonds is 0. The number of halogens is 1. The predicted octanol–water partition coefficient (Wildman–Crippen LogP) is 1.31.